The third-order valence-corrected chi connectivity index (χ3v) is 5.57. The van der Waals surface area contributed by atoms with Crippen LogP contribution >= 0.6 is 0 Å². The first kappa shape index (κ1) is 12.1. The summed E-state index contributed by atoms with van der Waals surface area (Å²) in [4.78, 5) is 0. The molecule has 0 aliphatic carbocycles. The summed E-state index contributed by atoms with van der Waals surface area (Å²) in [6.45, 7) is 0. The van der Waals surface area contributed by atoms with Crippen LogP contribution in [0.2, 0.25) is 0 Å². The minimum atomic E-state index is 0.282. The molecule has 0 nitrogen and oxygen atoms in total. The van der Waals surface area contributed by atoms with Crippen LogP contribution in [0.15, 0.2) is 66.7 Å². The number of benzene rings is 2. The Morgan fingerprint density at radius 2 is 1.37 bits per heavy atom. The van der Waals surface area contributed by atoms with Gasteiger partial charge in [0, 0.05) is 0 Å². The summed E-state index contributed by atoms with van der Waals surface area (Å²) in [5, 5.41) is 0. The molecule has 0 saturated carbocycles. The summed E-state index contributed by atoms with van der Waals surface area (Å²) < 4.78 is 2.68. The van der Waals surface area contributed by atoms with Crippen molar-refractivity contribution in [1.29, 1.82) is 0 Å². The van der Waals surface area contributed by atoms with E-state index in [1.54, 1.807) is 0 Å². The Balaban J connectivity index is 2.13. The van der Waals surface area contributed by atoms with Crippen LogP contribution in [0.1, 0.15) is 5.56 Å². The van der Waals surface area contributed by atoms with Crippen molar-refractivity contribution in [3.63, 3.8) is 0 Å². The second-order valence-corrected chi connectivity index (χ2v) is 6.44. The van der Waals surface area contributed by atoms with Crippen molar-refractivity contribution < 1.29 is 0 Å². The van der Waals surface area contributed by atoms with Crippen molar-refractivity contribution in [2.75, 3.05) is 0 Å². The van der Waals surface area contributed by atoms with Gasteiger partial charge in [0.05, 0.1) is 0 Å². The van der Waals surface area contributed by atoms with Crippen LogP contribution in [0.25, 0.3) is 20.0 Å². The van der Waals surface area contributed by atoms with Gasteiger partial charge in [0.2, 0.25) is 0 Å². The summed E-state index contributed by atoms with van der Waals surface area (Å²) in [5.41, 5.74) is 3.56. The van der Waals surface area contributed by atoms with Crippen LogP contribution in [0.3, 0.4) is 0 Å². The molecule has 0 saturated heterocycles. The summed E-state index contributed by atoms with van der Waals surface area (Å²) in [6.07, 6.45) is 5.66. The molecule has 3 aromatic rings. The molecule has 0 fully saturated rings. The van der Waals surface area contributed by atoms with E-state index >= 15 is 0 Å². The molecule has 0 aliphatic rings. The first-order valence-corrected chi connectivity index (χ1v) is 7.81. The fourth-order valence-corrected chi connectivity index (χ4v) is 4.42. The predicted molar refractivity (Wildman–Crippen MR) is 82.2 cm³/mol. The molecule has 1 heterocycles. The maximum atomic E-state index is 5.66. The van der Waals surface area contributed by atoms with E-state index in [-0.39, 0.29) is 14.5 Å². The van der Waals surface area contributed by atoms with Gasteiger partial charge in [-0.3, -0.25) is 0 Å². The third kappa shape index (κ3) is 2.42. The van der Waals surface area contributed by atoms with Crippen molar-refractivity contribution in [3.05, 3.63) is 72.3 Å². The molecular weight excluding hydrogens is 295 g/mol. The molecule has 0 unspecified atom stereocenters. The van der Waals surface area contributed by atoms with Crippen LogP contribution in [-0.4, -0.2) is 14.5 Å². The van der Waals surface area contributed by atoms with Gasteiger partial charge in [0.15, 0.2) is 0 Å². The Morgan fingerprint density at radius 1 is 0.789 bits per heavy atom. The molecule has 0 aliphatic heterocycles. The molecule has 19 heavy (non-hydrogen) atoms. The van der Waals surface area contributed by atoms with Gasteiger partial charge >= 0.3 is 119 Å². The number of terminal acetylenes is 1. The molecule has 0 bridgehead atoms. The Morgan fingerprint density at radius 3 is 1.95 bits per heavy atom. The Bertz CT molecular complexity index is 715. The monoisotopic (exact) mass is 308 g/mol. The van der Waals surface area contributed by atoms with Gasteiger partial charge in [0.1, 0.15) is 0 Å². The second-order valence-electron chi connectivity index (χ2n) is 4.23. The summed E-state index contributed by atoms with van der Waals surface area (Å²) >= 11 is 0.282. The van der Waals surface area contributed by atoms with E-state index in [0.717, 1.165) is 5.56 Å². The first-order chi connectivity index (χ1) is 9.38. The molecule has 90 valence electrons. The van der Waals surface area contributed by atoms with Crippen molar-refractivity contribution in [3.8, 4) is 32.3 Å². The Hall–Kier alpha value is -2.00. The van der Waals surface area contributed by atoms with Crippen molar-refractivity contribution in [2.24, 2.45) is 0 Å². The maximum absolute atomic E-state index is 5.66. The second kappa shape index (κ2) is 5.33. The van der Waals surface area contributed by atoms with E-state index in [9.17, 15) is 0 Å². The Labute approximate surface area is 119 Å². The molecule has 1 aromatic heterocycles. The zero-order valence-corrected chi connectivity index (χ0v) is 12.0. The van der Waals surface area contributed by atoms with Gasteiger partial charge in [-0.25, -0.2) is 0 Å². The van der Waals surface area contributed by atoms with Gasteiger partial charge < -0.3 is 0 Å². The van der Waals surface area contributed by atoms with E-state index < -0.39 is 0 Å². The molecule has 0 atom stereocenters. The van der Waals surface area contributed by atoms with E-state index in [4.69, 9.17) is 6.42 Å². The van der Waals surface area contributed by atoms with Gasteiger partial charge in [0.25, 0.3) is 0 Å². The normalized spacial score (nSPS) is 10.1. The third-order valence-electron chi connectivity index (χ3n) is 2.98. The van der Waals surface area contributed by atoms with Crippen LogP contribution in [0, 0.1) is 12.3 Å². The van der Waals surface area contributed by atoms with Gasteiger partial charge in [-0.1, -0.05) is 0 Å². The molecule has 0 spiro atoms. The average molecular weight is 307 g/mol. The van der Waals surface area contributed by atoms with E-state index in [1.165, 1.54) is 20.0 Å². The number of rotatable bonds is 2. The topological polar surface area (TPSA) is 0 Å². The zero-order valence-electron chi connectivity index (χ0n) is 10.3. The van der Waals surface area contributed by atoms with Crippen molar-refractivity contribution in [2.45, 2.75) is 0 Å². The average Bonchev–Trinajstić information content (AvgIpc) is 2.93. The molecular formula is C18H12Se. The molecule has 2 aromatic carbocycles. The molecule has 0 N–H and O–H groups in total. The summed E-state index contributed by atoms with van der Waals surface area (Å²) in [5.74, 6) is 2.83. The molecule has 3 rings (SSSR count). The molecule has 0 amide bonds. The van der Waals surface area contributed by atoms with Gasteiger partial charge in [-0.2, -0.15) is 0 Å². The number of hydrogen-bond acceptors (Lipinski definition) is 0. The SMILES string of the molecule is C#Cc1cc(-c2ccccc2)[se]c1-c1ccccc1. The number of hydrogen-bond donors (Lipinski definition) is 0. The van der Waals surface area contributed by atoms with Gasteiger partial charge in [-0.15, -0.1) is 0 Å². The summed E-state index contributed by atoms with van der Waals surface area (Å²) in [7, 11) is 0. The van der Waals surface area contributed by atoms with E-state index in [2.05, 4.69) is 60.5 Å². The fraction of sp³-hybridized carbons (Fsp3) is 0. The molecule has 0 radical (unpaired) electrons. The minimum absolute atomic E-state index is 0.282. The quantitative estimate of drug-likeness (QED) is 0.495. The van der Waals surface area contributed by atoms with Gasteiger partial charge in [-0.05, 0) is 0 Å². The Kier molecular flexibility index (Phi) is 3.38. The first-order valence-electron chi connectivity index (χ1n) is 6.10. The van der Waals surface area contributed by atoms with Crippen LogP contribution < -0.4 is 0 Å². The zero-order chi connectivity index (χ0) is 13.1. The van der Waals surface area contributed by atoms with Crippen LogP contribution in [-0.2, 0) is 0 Å². The molecule has 1 heteroatoms. The van der Waals surface area contributed by atoms with E-state index in [0.29, 0.717) is 0 Å². The van der Waals surface area contributed by atoms with Crippen LogP contribution in [0.4, 0.5) is 0 Å². The van der Waals surface area contributed by atoms with Crippen molar-refractivity contribution >= 4 is 14.5 Å². The van der Waals surface area contributed by atoms with E-state index in [1.807, 2.05) is 12.1 Å². The van der Waals surface area contributed by atoms with Crippen LogP contribution in [0.5, 0.6) is 0 Å². The van der Waals surface area contributed by atoms with Crippen molar-refractivity contribution in [1.82, 2.24) is 0 Å². The summed E-state index contributed by atoms with van der Waals surface area (Å²) in [6, 6.07) is 23.1. The predicted octanol–water partition coefficient (Wildman–Crippen LogP) is 4.06. The fourth-order valence-electron chi connectivity index (χ4n) is 2.05. The standard InChI is InChI=1S/C18H12Se/c1-2-14-13-17(15-9-5-3-6-10-15)19-18(14)16-11-7-4-8-12-16/h1,3-13H.